The van der Waals surface area contributed by atoms with E-state index in [-0.39, 0.29) is 17.5 Å². The van der Waals surface area contributed by atoms with Gasteiger partial charge in [0.2, 0.25) is 10.0 Å². The molecule has 1 heterocycles. The van der Waals surface area contributed by atoms with Gasteiger partial charge in [0.1, 0.15) is 5.82 Å². The molecule has 23 heavy (non-hydrogen) atoms. The highest BCUT2D eigenvalue weighted by Gasteiger charge is 2.23. The molecule has 122 valence electrons. The average molecular weight is 335 g/mol. The van der Waals surface area contributed by atoms with E-state index >= 15 is 0 Å². The molecule has 0 radical (unpaired) electrons. The van der Waals surface area contributed by atoms with Gasteiger partial charge < -0.3 is 4.74 Å². The second-order valence-corrected chi connectivity index (χ2v) is 7.40. The van der Waals surface area contributed by atoms with Crippen molar-refractivity contribution in [2.75, 3.05) is 6.54 Å². The zero-order valence-electron chi connectivity index (χ0n) is 12.8. The lowest BCUT2D eigenvalue weighted by atomic mass is 9.99. The summed E-state index contributed by atoms with van der Waals surface area (Å²) in [7, 11) is -3.68. The highest BCUT2D eigenvalue weighted by Crippen LogP contribution is 2.21. The van der Waals surface area contributed by atoms with Crippen molar-refractivity contribution in [3.63, 3.8) is 0 Å². The zero-order chi connectivity index (χ0) is 16.4. The van der Waals surface area contributed by atoms with Crippen LogP contribution in [0.1, 0.15) is 16.7 Å². The Bertz CT molecular complexity index is 820. The molecule has 0 aliphatic carbocycles. The maximum Gasteiger partial charge on any atom is 0.240 e. The Morgan fingerprint density at radius 1 is 1.22 bits per heavy atom. The van der Waals surface area contributed by atoms with Crippen molar-refractivity contribution in [1.29, 1.82) is 0 Å². The first-order valence-corrected chi connectivity index (χ1v) is 8.88. The number of nitrogens with one attached hydrogen (secondary N) is 1. The van der Waals surface area contributed by atoms with Gasteiger partial charge in [0.05, 0.1) is 17.6 Å². The smallest absolute Gasteiger partial charge is 0.240 e. The van der Waals surface area contributed by atoms with Crippen molar-refractivity contribution >= 4 is 10.0 Å². The van der Waals surface area contributed by atoms with Crippen LogP contribution in [0.15, 0.2) is 47.4 Å². The predicted molar refractivity (Wildman–Crippen MR) is 85.0 cm³/mol. The van der Waals surface area contributed by atoms with Crippen LogP contribution in [0.25, 0.3) is 0 Å². The van der Waals surface area contributed by atoms with E-state index in [4.69, 9.17) is 4.74 Å². The van der Waals surface area contributed by atoms with Crippen LogP contribution in [0.2, 0.25) is 0 Å². The lowest BCUT2D eigenvalue weighted by Gasteiger charge is -2.25. The Labute approximate surface area is 135 Å². The van der Waals surface area contributed by atoms with Crippen LogP contribution in [-0.2, 0) is 27.8 Å². The van der Waals surface area contributed by atoms with Gasteiger partial charge >= 0.3 is 0 Å². The topological polar surface area (TPSA) is 55.4 Å². The molecule has 1 aliphatic heterocycles. The normalized spacial score (nSPS) is 17.7. The Kier molecular flexibility index (Phi) is 4.48. The Morgan fingerprint density at radius 2 is 1.96 bits per heavy atom. The summed E-state index contributed by atoms with van der Waals surface area (Å²) in [6.45, 7) is 2.25. The first-order valence-electron chi connectivity index (χ1n) is 7.40. The SMILES string of the molecule is Cc1cc(F)ccc1S(=O)(=O)NCC1Cc2ccccc2CO1. The molecule has 0 spiro atoms. The minimum Gasteiger partial charge on any atom is -0.372 e. The number of aryl methyl sites for hydroxylation is 1. The van der Waals surface area contributed by atoms with Crippen molar-refractivity contribution in [3.8, 4) is 0 Å². The van der Waals surface area contributed by atoms with Crippen LogP contribution in [0.4, 0.5) is 4.39 Å². The number of fused-ring (bicyclic) bond motifs is 1. The average Bonchev–Trinajstić information content (AvgIpc) is 2.52. The van der Waals surface area contributed by atoms with E-state index in [1.165, 1.54) is 17.7 Å². The summed E-state index contributed by atoms with van der Waals surface area (Å²) in [4.78, 5) is 0.0927. The van der Waals surface area contributed by atoms with E-state index < -0.39 is 15.8 Å². The van der Waals surface area contributed by atoms with E-state index in [0.717, 1.165) is 11.6 Å². The molecule has 0 aromatic heterocycles. The van der Waals surface area contributed by atoms with Crippen molar-refractivity contribution in [3.05, 3.63) is 65.0 Å². The molecule has 1 aliphatic rings. The predicted octanol–water partition coefficient (Wildman–Crippen LogP) is 2.55. The number of rotatable bonds is 4. The maximum atomic E-state index is 13.1. The van der Waals surface area contributed by atoms with Crippen LogP contribution in [0, 0.1) is 12.7 Å². The lowest BCUT2D eigenvalue weighted by Crippen LogP contribution is -2.37. The summed E-state index contributed by atoms with van der Waals surface area (Å²) in [5, 5.41) is 0. The number of benzene rings is 2. The first kappa shape index (κ1) is 16.1. The van der Waals surface area contributed by atoms with Crippen LogP contribution in [0.3, 0.4) is 0 Å². The number of halogens is 1. The molecular weight excluding hydrogens is 317 g/mol. The molecule has 0 fully saturated rings. The van der Waals surface area contributed by atoms with Crippen molar-refractivity contribution < 1.29 is 17.5 Å². The molecular formula is C17H18FNO3S. The van der Waals surface area contributed by atoms with E-state index in [9.17, 15) is 12.8 Å². The summed E-state index contributed by atoms with van der Waals surface area (Å²) in [6, 6.07) is 11.6. The largest absolute Gasteiger partial charge is 0.372 e. The third-order valence-corrected chi connectivity index (χ3v) is 5.55. The highest BCUT2D eigenvalue weighted by atomic mass is 32.2. The van der Waals surface area contributed by atoms with Crippen molar-refractivity contribution in [1.82, 2.24) is 4.72 Å². The summed E-state index contributed by atoms with van der Waals surface area (Å²) in [6.07, 6.45) is 0.460. The van der Waals surface area contributed by atoms with Gasteiger partial charge in [-0.05, 0) is 41.8 Å². The Balaban J connectivity index is 1.68. The number of ether oxygens (including phenoxy) is 1. The number of hydrogen-bond donors (Lipinski definition) is 1. The fourth-order valence-corrected chi connectivity index (χ4v) is 4.03. The van der Waals surface area contributed by atoms with Crippen LogP contribution < -0.4 is 4.72 Å². The maximum absolute atomic E-state index is 13.1. The minimum atomic E-state index is -3.68. The van der Waals surface area contributed by atoms with Gasteiger partial charge in [0.25, 0.3) is 0 Å². The molecule has 1 N–H and O–H groups in total. The fourth-order valence-electron chi connectivity index (χ4n) is 2.74. The molecule has 2 aromatic rings. The molecule has 2 aromatic carbocycles. The van der Waals surface area contributed by atoms with Gasteiger partial charge in [-0.3, -0.25) is 0 Å². The second kappa shape index (κ2) is 6.39. The van der Waals surface area contributed by atoms with E-state index in [1.807, 2.05) is 24.3 Å². The van der Waals surface area contributed by atoms with Crippen molar-refractivity contribution in [2.45, 2.75) is 31.0 Å². The number of hydrogen-bond acceptors (Lipinski definition) is 3. The molecule has 0 amide bonds. The third-order valence-electron chi connectivity index (χ3n) is 3.97. The van der Waals surface area contributed by atoms with E-state index in [0.29, 0.717) is 18.6 Å². The minimum absolute atomic E-state index is 0.0927. The van der Waals surface area contributed by atoms with Gasteiger partial charge in [-0.15, -0.1) is 0 Å². The molecule has 3 rings (SSSR count). The molecule has 1 unspecified atom stereocenters. The van der Waals surface area contributed by atoms with Crippen LogP contribution in [0.5, 0.6) is 0 Å². The van der Waals surface area contributed by atoms with Crippen molar-refractivity contribution in [2.24, 2.45) is 0 Å². The monoisotopic (exact) mass is 335 g/mol. The Hall–Kier alpha value is -1.76. The van der Waals surface area contributed by atoms with Gasteiger partial charge in [-0.25, -0.2) is 17.5 Å². The van der Waals surface area contributed by atoms with E-state index in [2.05, 4.69) is 4.72 Å². The quantitative estimate of drug-likeness (QED) is 0.934. The molecule has 0 bridgehead atoms. The number of sulfonamides is 1. The fraction of sp³-hybridized carbons (Fsp3) is 0.294. The summed E-state index contributed by atoms with van der Waals surface area (Å²) < 4.78 is 46.1. The zero-order valence-corrected chi connectivity index (χ0v) is 13.6. The van der Waals surface area contributed by atoms with Gasteiger partial charge in [0, 0.05) is 13.0 Å². The molecule has 0 saturated carbocycles. The molecule has 6 heteroatoms. The molecule has 0 saturated heterocycles. The van der Waals surface area contributed by atoms with Gasteiger partial charge in [0.15, 0.2) is 0 Å². The molecule has 4 nitrogen and oxygen atoms in total. The van der Waals surface area contributed by atoms with Crippen LogP contribution >= 0.6 is 0 Å². The summed E-state index contributed by atoms with van der Waals surface area (Å²) >= 11 is 0. The van der Waals surface area contributed by atoms with Gasteiger partial charge in [-0.1, -0.05) is 24.3 Å². The van der Waals surface area contributed by atoms with Gasteiger partial charge in [-0.2, -0.15) is 0 Å². The van der Waals surface area contributed by atoms with Crippen LogP contribution in [-0.4, -0.2) is 21.1 Å². The summed E-state index contributed by atoms with van der Waals surface area (Å²) in [5.74, 6) is -0.450. The van der Waals surface area contributed by atoms with E-state index in [1.54, 1.807) is 6.92 Å². The lowest BCUT2D eigenvalue weighted by molar-refractivity contribution is 0.0322. The third kappa shape index (κ3) is 3.60. The molecule has 1 atom stereocenters. The second-order valence-electron chi connectivity index (χ2n) is 5.67. The summed E-state index contributed by atoms with van der Waals surface area (Å²) in [5.41, 5.74) is 2.70. The highest BCUT2D eigenvalue weighted by molar-refractivity contribution is 7.89. The first-order chi connectivity index (χ1) is 11.0. The Morgan fingerprint density at radius 3 is 2.70 bits per heavy atom. The standard InChI is InChI=1S/C17H18FNO3S/c1-12-8-15(18)6-7-17(12)23(20,21)19-10-16-9-13-4-2-3-5-14(13)11-22-16/h2-8,16,19H,9-11H2,1H3.